The van der Waals surface area contributed by atoms with Gasteiger partial charge in [0.05, 0.1) is 5.69 Å². The van der Waals surface area contributed by atoms with E-state index in [1.807, 2.05) is 19.1 Å². The number of nitrogens with one attached hydrogen (secondary N) is 1. The maximum Gasteiger partial charge on any atom is 0.223 e. The Kier molecular flexibility index (Phi) is 6.72. The van der Waals surface area contributed by atoms with E-state index in [4.69, 9.17) is 0 Å². The van der Waals surface area contributed by atoms with Crippen LogP contribution >= 0.6 is 0 Å². The monoisotopic (exact) mass is 485 g/mol. The molecule has 6 nitrogen and oxygen atoms in total. The van der Waals surface area contributed by atoms with Gasteiger partial charge in [0, 0.05) is 54.3 Å². The van der Waals surface area contributed by atoms with Crippen molar-refractivity contribution in [1.29, 1.82) is 0 Å². The molecule has 1 aliphatic heterocycles. The smallest absolute Gasteiger partial charge is 0.223 e. The summed E-state index contributed by atoms with van der Waals surface area (Å²) in [5.41, 5.74) is 5.35. The summed E-state index contributed by atoms with van der Waals surface area (Å²) in [6.07, 6.45) is 1.49. The Hall–Kier alpha value is -3.74. The minimum Gasteiger partial charge on any atom is -0.355 e. The molecule has 0 aliphatic carbocycles. The van der Waals surface area contributed by atoms with Crippen LogP contribution in [0.5, 0.6) is 0 Å². The van der Waals surface area contributed by atoms with Gasteiger partial charge in [0.2, 0.25) is 5.91 Å². The van der Waals surface area contributed by atoms with Crippen LogP contribution in [0.1, 0.15) is 41.1 Å². The van der Waals surface area contributed by atoms with Gasteiger partial charge in [-0.3, -0.25) is 4.79 Å². The number of nitrogens with zero attached hydrogens (tertiary/aromatic N) is 4. The number of benzene rings is 2. The van der Waals surface area contributed by atoms with Crippen molar-refractivity contribution in [2.75, 3.05) is 18.0 Å². The second-order valence-corrected chi connectivity index (χ2v) is 9.71. The van der Waals surface area contributed by atoms with Crippen molar-refractivity contribution >= 4 is 22.5 Å². The first-order valence-corrected chi connectivity index (χ1v) is 12.6. The van der Waals surface area contributed by atoms with Crippen molar-refractivity contribution in [2.24, 2.45) is 5.92 Å². The van der Waals surface area contributed by atoms with Crippen LogP contribution in [0.4, 0.5) is 10.2 Å². The Balaban J connectivity index is 1.32. The average molecular weight is 486 g/mol. The Bertz CT molecular complexity index is 1390. The number of piperidine rings is 1. The molecule has 1 N–H and O–H groups in total. The van der Waals surface area contributed by atoms with E-state index in [2.05, 4.69) is 63.1 Å². The highest BCUT2D eigenvalue weighted by molar-refractivity contribution is 5.98. The maximum absolute atomic E-state index is 13.4. The summed E-state index contributed by atoms with van der Waals surface area (Å²) in [5, 5.41) is 14.4. The van der Waals surface area contributed by atoms with E-state index in [0.29, 0.717) is 6.54 Å². The fourth-order valence-corrected chi connectivity index (χ4v) is 5.38. The summed E-state index contributed by atoms with van der Waals surface area (Å²) in [4.78, 5) is 15.0. The lowest BCUT2D eigenvalue weighted by molar-refractivity contribution is -0.125. The molecule has 0 radical (unpaired) electrons. The average Bonchev–Trinajstić information content (AvgIpc) is 3.14. The van der Waals surface area contributed by atoms with Gasteiger partial charge in [0.1, 0.15) is 5.82 Å². The SMILES string of the molecule is Cc1nnc(N2CCC(C(=O)NCc3cccc(F)c3)CC2)c2c(C)n(Cc3ccccc3)c(C)c12. The first-order chi connectivity index (χ1) is 17.4. The number of aryl methyl sites for hydroxylation is 3. The van der Waals surface area contributed by atoms with E-state index in [9.17, 15) is 9.18 Å². The minimum atomic E-state index is -0.288. The molecular weight excluding hydrogens is 453 g/mol. The molecule has 0 spiro atoms. The number of aromatic nitrogens is 3. The normalized spacial score (nSPS) is 14.4. The molecule has 0 unspecified atom stereocenters. The molecule has 1 aliphatic rings. The lowest BCUT2D eigenvalue weighted by Gasteiger charge is -2.32. The van der Waals surface area contributed by atoms with Gasteiger partial charge >= 0.3 is 0 Å². The number of fused-ring (bicyclic) bond motifs is 1. The molecule has 4 aromatic rings. The van der Waals surface area contributed by atoms with Gasteiger partial charge < -0.3 is 14.8 Å². The van der Waals surface area contributed by atoms with Crippen LogP contribution in [0.15, 0.2) is 54.6 Å². The van der Waals surface area contributed by atoms with Gasteiger partial charge in [-0.2, -0.15) is 5.10 Å². The van der Waals surface area contributed by atoms with Gasteiger partial charge in [-0.1, -0.05) is 42.5 Å². The fraction of sp³-hybridized carbons (Fsp3) is 0.345. The number of anilines is 1. The molecule has 0 atom stereocenters. The maximum atomic E-state index is 13.4. The minimum absolute atomic E-state index is 0.0279. The summed E-state index contributed by atoms with van der Waals surface area (Å²) >= 11 is 0. The van der Waals surface area contributed by atoms with Crippen molar-refractivity contribution in [1.82, 2.24) is 20.1 Å². The standard InChI is InChI=1S/C29H32FN5O/c1-19-26-20(2)35(18-22-8-5-4-6-9-22)21(3)27(26)28(33-32-19)34-14-12-24(13-15-34)29(36)31-17-23-10-7-11-25(30)16-23/h4-11,16,24H,12-15,17-18H2,1-3H3,(H,31,36). The summed E-state index contributed by atoms with van der Waals surface area (Å²) in [6.45, 7) is 8.98. The van der Waals surface area contributed by atoms with E-state index in [1.165, 1.54) is 34.5 Å². The van der Waals surface area contributed by atoms with Crippen LogP contribution in [0, 0.1) is 32.5 Å². The third kappa shape index (κ3) is 4.70. The largest absolute Gasteiger partial charge is 0.355 e. The summed E-state index contributed by atoms with van der Waals surface area (Å²) in [6, 6.07) is 16.8. The molecule has 36 heavy (non-hydrogen) atoms. The van der Waals surface area contributed by atoms with E-state index >= 15 is 0 Å². The quantitative estimate of drug-likeness (QED) is 0.414. The van der Waals surface area contributed by atoms with E-state index in [1.54, 1.807) is 6.07 Å². The van der Waals surface area contributed by atoms with Gasteiger partial charge in [-0.15, -0.1) is 5.10 Å². The first-order valence-electron chi connectivity index (χ1n) is 12.6. The molecule has 1 saturated heterocycles. The predicted molar refractivity (Wildman–Crippen MR) is 140 cm³/mol. The molecular formula is C29H32FN5O. The van der Waals surface area contributed by atoms with Crippen molar-refractivity contribution in [2.45, 2.75) is 46.7 Å². The molecule has 0 bridgehead atoms. The highest BCUT2D eigenvalue weighted by atomic mass is 19.1. The van der Waals surface area contributed by atoms with Gasteiger partial charge in [0.15, 0.2) is 5.82 Å². The van der Waals surface area contributed by atoms with Gasteiger partial charge in [-0.05, 0) is 56.9 Å². The van der Waals surface area contributed by atoms with Crippen molar-refractivity contribution in [3.63, 3.8) is 0 Å². The number of hydrogen-bond donors (Lipinski definition) is 1. The van der Waals surface area contributed by atoms with E-state index in [0.717, 1.165) is 54.9 Å². The lowest BCUT2D eigenvalue weighted by atomic mass is 9.95. The van der Waals surface area contributed by atoms with Gasteiger partial charge in [-0.25, -0.2) is 4.39 Å². The first kappa shape index (κ1) is 24.0. The summed E-state index contributed by atoms with van der Waals surface area (Å²) in [5.74, 6) is 0.583. The number of rotatable bonds is 6. The van der Waals surface area contributed by atoms with Crippen LogP contribution in [-0.4, -0.2) is 33.8 Å². The molecule has 186 valence electrons. The zero-order valence-electron chi connectivity index (χ0n) is 21.1. The molecule has 1 amide bonds. The van der Waals surface area contributed by atoms with Crippen LogP contribution in [-0.2, 0) is 17.9 Å². The number of carbonyl (C=O) groups excluding carboxylic acids is 1. The number of halogens is 1. The predicted octanol–water partition coefficient (Wildman–Crippen LogP) is 5.08. The van der Waals surface area contributed by atoms with Crippen LogP contribution in [0.2, 0.25) is 0 Å². The van der Waals surface area contributed by atoms with Crippen molar-refractivity contribution < 1.29 is 9.18 Å². The zero-order chi connectivity index (χ0) is 25.2. The second-order valence-electron chi connectivity index (χ2n) is 9.71. The second kappa shape index (κ2) is 10.1. The van der Waals surface area contributed by atoms with Crippen molar-refractivity contribution in [3.05, 3.63) is 88.6 Å². The Morgan fingerprint density at radius 2 is 1.64 bits per heavy atom. The zero-order valence-corrected chi connectivity index (χ0v) is 21.1. The van der Waals surface area contributed by atoms with Crippen LogP contribution in [0.25, 0.3) is 10.8 Å². The van der Waals surface area contributed by atoms with Crippen LogP contribution in [0.3, 0.4) is 0 Å². The Morgan fingerprint density at radius 3 is 2.36 bits per heavy atom. The third-order valence-corrected chi connectivity index (χ3v) is 7.37. The molecule has 5 rings (SSSR count). The van der Waals surface area contributed by atoms with Crippen LogP contribution < -0.4 is 10.2 Å². The molecule has 0 saturated carbocycles. The summed E-state index contributed by atoms with van der Waals surface area (Å²) in [7, 11) is 0. The molecule has 7 heteroatoms. The topological polar surface area (TPSA) is 63.1 Å². The molecule has 2 aromatic heterocycles. The Morgan fingerprint density at radius 1 is 0.944 bits per heavy atom. The Labute approximate surface area is 211 Å². The fourth-order valence-electron chi connectivity index (χ4n) is 5.38. The highest BCUT2D eigenvalue weighted by Crippen LogP contribution is 2.35. The summed E-state index contributed by atoms with van der Waals surface area (Å²) < 4.78 is 15.8. The molecule has 1 fully saturated rings. The lowest BCUT2D eigenvalue weighted by Crippen LogP contribution is -2.40. The van der Waals surface area contributed by atoms with E-state index < -0.39 is 0 Å². The highest BCUT2D eigenvalue weighted by Gasteiger charge is 2.28. The molecule has 3 heterocycles. The van der Waals surface area contributed by atoms with E-state index in [-0.39, 0.29) is 17.6 Å². The number of amides is 1. The van der Waals surface area contributed by atoms with Gasteiger partial charge in [0.25, 0.3) is 0 Å². The number of hydrogen-bond acceptors (Lipinski definition) is 4. The van der Waals surface area contributed by atoms with Crippen molar-refractivity contribution in [3.8, 4) is 0 Å². The molecule has 2 aromatic carbocycles. The third-order valence-electron chi connectivity index (χ3n) is 7.37. The number of carbonyl (C=O) groups is 1.